The Hall–Kier alpha value is -0.370. The second kappa shape index (κ2) is 3.86. The Morgan fingerprint density at radius 3 is 2.73 bits per heavy atom. The third-order valence-electron chi connectivity index (χ3n) is 2.60. The summed E-state index contributed by atoms with van der Waals surface area (Å²) in [7, 11) is 0. The van der Waals surface area contributed by atoms with Crippen molar-refractivity contribution in [2.45, 2.75) is 32.8 Å². The van der Waals surface area contributed by atoms with Crippen molar-refractivity contribution >= 4 is 6.29 Å². The summed E-state index contributed by atoms with van der Waals surface area (Å²) in [5, 5.41) is 0. The normalized spacial score (nSPS) is 29.8. The lowest BCUT2D eigenvalue weighted by atomic mass is 9.90. The van der Waals surface area contributed by atoms with Crippen LogP contribution in [0.25, 0.3) is 0 Å². The summed E-state index contributed by atoms with van der Waals surface area (Å²) in [6.07, 6.45) is 3.63. The molecule has 2 heteroatoms. The Morgan fingerprint density at radius 1 is 1.55 bits per heavy atom. The molecule has 3 atom stereocenters. The highest BCUT2D eigenvalue weighted by atomic mass is 16.5. The molecule has 1 fully saturated rings. The summed E-state index contributed by atoms with van der Waals surface area (Å²) in [5.74, 6) is 0.521. The van der Waals surface area contributed by atoms with Crippen LogP contribution in [0.4, 0.5) is 0 Å². The van der Waals surface area contributed by atoms with Gasteiger partial charge >= 0.3 is 0 Å². The highest BCUT2D eigenvalue weighted by Gasteiger charge is 2.25. The minimum atomic E-state index is 0.137. The van der Waals surface area contributed by atoms with Crippen LogP contribution in [0, 0.1) is 11.8 Å². The van der Waals surface area contributed by atoms with Crippen LogP contribution in [-0.2, 0) is 9.53 Å². The second-order valence-electron chi connectivity index (χ2n) is 3.41. The van der Waals surface area contributed by atoms with E-state index in [1.54, 1.807) is 0 Å². The Labute approximate surface area is 67.9 Å². The Kier molecular flexibility index (Phi) is 3.06. The number of ether oxygens (including phenoxy) is 1. The summed E-state index contributed by atoms with van der Waals surface area (Å²) in [5.41, 5.74) is 0. The van der Waals surface area contributed by atoms with Crippen molar-refractivity contribution in [2.75, 3.05) is 6.61 Å². The van der Waals surface area contributed by atoms with Crippen molar-refractivity contribution in [3.05, 3.63) is 0 Å². The SMILES string of the molecule is C[C@@H]([C@@H]1CCCO1)[C@@H](C)C=O. The molecule has 2 nitrogen and oxygen atoms in total. The van der Waals surface area contributed by atoms with Crippen LogP contribution >= 0.6 is 0 Å². The number of aldehydes is 1. The summed E-state index contributed by atoms with van der Waals surface area (Å²) in [4.78, 5) is 10.4. The summed E-state index contributed by atoms with van der Waals surface area (Å²) < 4.78 is 5.48. The monoisotopic (exact) mass is 156 g/mol. The minimum Gasteiger partial charge on any atom is -0.378 e. The molecule has 1 aliphatic heterocycles. The molecule has 0 saturated carbocycles. The van der Waals surface area contributed by atoms with E-state index < -0.39 is 0 Å². The van der Waals surface area contributed by atoms with Crippen LogP contribution in [0.15, 0.2) is 0 Å². The first-order valence-electron chi connectivity index (χ1n) is 4.32. The van der Waals surface area contributed by atoms with E-state index in [9.17, 15) is 4.79 Å². The molecule has 0 spiro atoms. The van der Waals surface area contributed by atoms with Gasteiger partial charge in [-0.15, -0.1) is 0 Å². The minimum absolute atomic E-state index is 0.137. The Bertz CT molecular complexity index is 128. The zero-order chi connectivity index (χ0) is 8.27. The van der Waals surface area contributed by atoms with Crippen molar-refractivity contribution in [3.8, 4) is 0 Å². The van der Waals surface area contributed by atoms with E-state index in [0.717, 1.165) is 25.7 Å². The van der Waals surface area contributed by atoms with Gasteiger partial charge in [0.05, 0.1) is 6.10 Å². The molecule has 64 valence electrons. The fourth-order valence-corrected chi connectivity index (χ4v) is 1.48. The maximum atomic E-state index is 10.4. The molecular formula is C9H16O2. The van der Waals surface area contributed by atoms with Crippen LogP contribution in [0.2, 0.25) is 0 Å². The van der Waals surface area contributed by atoms with Gasteiger partial charge in [0.15, 0.2) is 0 Å². The fraction of sp³-hybridized carbons (Fsp3) is 0.889. The smallest absolute Gasteiger partial charge is 0.123 e. The van der Waals surface area contributed by atoms with Crippen molar-refractivity contribution in [2.24, 2.45) is 11.8 Å². The molecule has 0 aromatic carbocycles. The first kappa shape index (κ1) is 8.72. The van der Waals surface area contributed by atoms with E-state index >= 15 is 0 Å². The molecule has 0 N–H and O–H groups in total. The third-order valence-corrected chi connectivity index (χ3v) is 2.60. The molecule has 0 aliphatic carbocycles. The zero-order valence-corrected chi connectivity index (χ0v) is 7.25. The van der Waals surface area contributed by atoms with E-state index in [0.29, 0.717) is 12.0 Å². The maximum absolute atomic E-state index is 10.4. The molecule has 1 saturated heterocycles. The van der Waals surface area contributed by atoms with Crippen LogP contribution in [-0.4, -0.2) is 19.0 Å². The Balaban J connectivity index is 2.38. The average molecular weight is 156 g/mol. The molecule has 11 heavy (non-hydrogen) atoms. The van der Waals surface area contributed by atoms with Gasteiger partial charge in [-0.1, -0.05) is 13.8 Å². The summed E-state index contributed by atoms with van der Waals surface area (Å²) in [6.45, 7) is 4.93. The van der Waals surface area contributed by atoms with Gasteiger partial charge in [0, 0.05) is 12.5 Å². The predicted octanol–water partition coefficient (Wildman–Crippen LogP) is 1.64. The van der Waals surface area contributed by atoms with Gasteiger partial charge in [-0.2, -0.15) is 0 Å². The molecule has 0 unspecified atom stereocenters. The molecule has 0 aromatic heterocycles. The van der Waals surface area contributed by atoms with Crippen molar-refractivity contribution < 1.29 is 9.53 Å². The lowest BCUT2D eigenvalue weighted by molar-refractivity contribution is -0.113. The number of carbonyl (C=O) groups excluding carboxylic acids is 1. The fourth-order valence-electron chi connectivity index (χ4n) is 1.48. The second-order valence-corrected chi connectivity index (χ2v) is 3.41. The quantitative estimate of drug-likeness (QED) is 0.580. The van der Waals surface area contributed by atoms with Crippen molar-refractivity contribution in [1.82, 2.24) is 0 Å². The van der Waals surface area contributed by atoms with E-state index in [1.807, 2.05) is 6.92 Å². The molecule has 1 heterocycles. The molecule has 0 radical (unpaired) electrons. The first-order chi connectivity index (χ1) is 5.25. The van der Waals surface area contributed by atoms with E-state index in [1.165, 1.54) is 0 Å². The van der Waals surface area contributed by atoms with E-state index in [4.69, 9.17) is 4.74 Å². The molecule has 0 amide bonds. The van der Waals surface area contributed by atoms with E-state index in [-0.39, 0.29) is 5.92 Å². The van der Waals surface area contributed by atoms with Gasteiger partial charge in [-0.25, -0.2) is 0 Å². The highest BCUT2D eigenvalue weighted by Crippen LogP contribution is 2.24. The third kappa shape index (κ3) is 2.03. The number of hydrogen-bond donors (Lipinski definition) is 0. The lowest BCUT2D eigenvalue weighted by Gasteiger charge is -2.20. The maximum Gasteiger partial charge on any atom is 0.123 e. The first-order valence-corrected chi connectivity index (χ1v) is 4.32. The lowest BCUT2D eigenvalue weighted by Crippen LogP contribution is -2.23. The van der Waals surface area contributed by atoms with Crippen LogP contribution < -0.4 is 0 Å². The summed E-state index contributed by atoms with van der Waals surface area (Å²) in [6, 6.07) is 0. The molecular weight excluding hydrogens is 140 g/mol. The Morgan fingerprint density at radius 2 is 2.27 bits per heavy atom. The topological polar surface area (TPSA) is 26.3 Å². The largest absolute Gasteiger partial charge is 0.378 e. The molecule has 0 bridgehead atoms. The van der Waals surface area contributed by atoms with E-state index in [2.05, 4.69) is 6.92 Å². The van der Waals surface area contributed by atoms with Gasteiger partial charge in [0.1, 0.15) is 6.29 Å². The molecule has 1 rings (SSSR count). The van der Waals surface area contributed by atoms with Crippen LogP contribution in [0.3, 0.4) is 0 Å². The zero-order valence-electron chi connectivity index (χ0n) is 7.25. The van der Waals surface area contributed by atoms with Gasteiger partial charge in [0.25, 0.3) is 0 Å². The van der Waals surface area contributed by atoms with Crippen molar-refractivity contribution in [1.29, 1.82) is 0 Å². The summed E-state index contributed by atoms with van der Waals surface area (Å²) >= 11 is 0. The number of carbonyl (C=O) groups is 1. The average Bonchev–Trinajstić information content (AvgIpc) is 2.53. The molecule has 0 aromatic rings. The van der Waals surface area contributed by atoms with Crippen LogP contribution in [0.5, 0.6) is 0 Å². The number of hydrogen-bond acceptors (Lipinski definition) is 2. The molecule has 1 aliphatic rings. The standard InChI is InChI=1S/C9H16O2/c1-7(6-10)8(2)9-4-3-5-11-9/h6-9H,3-5H2,1-2H3/t7-,8+,9-/m0/s1. The number of rotatable bonds is 3. The predicted molar refractivity (Wildman–Crippen MR) is 43.4 cm³/mol. The van der Waals surface area contributed by atoms with Gasteiger partial charge < -0.3 is 9.53 Å². The van der Waals surface area contributed by atoms with Gasteiger partial charge in [0.2, 0.25) is 0 Å². The van der Waals surface area contributed by atoms with Crippen molar-refractivity contribution in [3.63, 3.8) is 0 Å². The van der Waals surface area contributed by atoms with Gasteiger partial charge in [-0.3, -0.25) is 0 Å². The highest BCUT2D eigenvalue weighted by molar-refractivity contribution is 5.53. The van der Waals surface area contributed by atoms with Gasteiger partial charge in [-0.05, 0) is 18.8 Å². The van der Waals surface area contributed by atoms with Crippen LogP contribution in [0.1, 0.15) is 26.7 Å².